The van der Waals surface area contributed by atoms with E-state index in [1.165, 1.54) is 48.9 Å². The summed E-state index contributed by atoms with van der Waals surface area (Å²) in [5, 5.41) is 5.71. The van der Waals surface area contributed by atoms with Gasteiger partial charge in [-0.1, -0.05) is 6.07 Å². The van der Waals surface area contributed by atoms with Gasteiger partial charge in [0.15, 0.2) is 0 Å². The molecule has 0 saturated carbocycles. The Morgan fingerprint density at radius 3 is 3.12 bits per heavy atom. The highest BCUT2D eigenvalue weighted by atomic mass is 32.2. The van der Waals surface area contributed by atoms with Gasteiger partial charge in [0, 0.05) is 36.8 Å². The molecule has 2 rings (SSSR count). The number of rotatable bonds is 6. The van der Waals surface area contributed by atoms with Gasteiger partial charge in [0.05, 0.1) is 0 Å². The molecule has 1 aliphatic heterocycles. The SMILES string of the molecule is c1csc(CCNCCN2CCCSCC2)c1. The Morgan fingerprint density at radius 1 is 1.24 bits per heavy atom. The molecule has 1 saturated heterocycles. The van der Waals surface area contributed by atoms with E-state index < -0.39 is 0 Å². The van der Waals surface area contributed by atoms with Gasteiger partial charge in [0.1, 0.15) is 0 Å². The fourth-order valence-electron chi connectivity index (χ4n) is 2.05. The third-order valence-electron chi connectivity index (χ3n) is 3.05. The molecule has 0 unspecified atom stereocenters. The third-order valence-corrected chi connectivity index (χ3v) is 5.03. The zero-order chi connectivity index (χ0) is 11.8. The van der Waals surface area contributed by atoms with E-state index in [1.54, 1.807) is 0 Å². The van der Waals surface area contributed by atoms with Gasteiger partial charge in [0.2, 0.25) is 0 Å². The van der Waals surface area contributed by atoms with E-state index in [0.29, 0.717) is 0 Å². The van der Waals surface area contributed by atoms with Crippen LogP contribution in [0, 0.1) is 0 Å². The molecule has 0 atom stereocenters. The largest absolute Gasteiger partial charge is 0.315 e. The standard InChI is InChI=1S/C13H22N2S2/c1-3-13(17-11-1)4-5-14-6-8-15-7-2-10-16-12-9-15/h1,3,11,14H,2,4-10,12H2. The smallest absolute Gasteiger partial charge is 0.0107 e. The van der Waals surface area contributed by atoms with Gasteiger partial charge >= 0.3 is 0 Å². The van der Waals surface area contributed by atoms with Gasteiger partial charge in [-0.05, 0) is 36.6 Å². The van der Waals surface area contributed by atoms with Gasteiger partial charge in [-0.15, -0.1) is 11.3 Å². The van der Waals surface area contributed by atoms with Crippen molar-refractivity contribution in [1.82, 2.24) is 10.2 Å². The molecule has 1 N–H and O–H groups in total. The van der Waals surface area contributed by atoms with Crippen molar-refractivity contribution in [3.8, 4) is 0 Å². The maximum absolute atomic E-state index is 3.55. The van der Waals surface area contributed by atoms with Crippen molar-refractivity contribution < 1.29 is 0 Å². The average molecular weight is 270 g/mol. The molecule has 1 aromatic rings. The summed E-state index contributed by atoms with van der Waals surface area (Å²) in [5.41, 5.74) is 0. The van der Waals surface area contributed by atoms with Crippen LogP contribution in [0.25, 0.3) is 0 Å². The molecule has 4 heteroatoms. The van der Waals surface area contributed by atoms with Crippen molar-refractivity contribution in [3.63, 3.8) is 0 Å². The quantitative estimate of drug-likeness (QED) is 0.799. The Hall–Kier alpha value is -0.0300. The van der Waals surface area contributed by atoms with Crippen molar-refractivity contribution in [2.45, 2.75) is 12.8 Å². The molecule has 0 amide bonds. The topological polar surface area (TPSA) is 15.3 Å². The number of nitrogens with zero attached hydrogens (tertiary/aromatic N) is 1. The molecule has 96 valence electrons. The van der Waals surface area contributed by atoms with Crippen LogP contribution in [-0.2, 0) is 6.42 Å². The first-order chi connectivity index (χ1) is 8.45. The lowest BCUT2D eigenvalue weighted by atomic mass is 10.3. The molecule has 1 aromatic heterocycles. The van der Waals surface area contributed by atoms with Crippen LogP contribution >= 0.6 is 23.1 Å². The molecule has 0 radical (unpaired) electrons. The Kier molecular flexibility index (Phi) is 6.42. The zero-order valence-corrected chi connectivity index (χ0v) is 12.0. The molecule has 17 heavy (non-hydrogen) atoms. The molecule has 1 aliphatic rings. The highest BCUT2D eigenvalue weighted by Gasteiger charge is 2.07. The molecule has 0 spiro atoms. The number of hydrogen-bond acceptors (Lipinski definition) is 4. The van der Waals surface area contributed by atoms with Crippen LogP contribution < -0.4 is 5.32 Å². The lowest BCUT2D eigenvalue weighted by Crippen LogP contribution is -2.34. The second-order valence-corrected chi connectivity index (χ2v) is 6.64. The highest BCUT2D eigenvalue weighted by molar-refractivity contribution is 7.99. The number of thiophene rings is 1. The summed E-state index contributed by atoms with van der Waals surface area (Å²) in [6.07, 6.45) is 2.54. The summed E-state index contributed by atoms with van der Waals surface area (Å²) in [7, 11) is 0. The minimum atomic E-state index is 1.11. The molecule has 0 aromatic carbocycles. The second-order valence-electron chi connectivity index (χ2n) is 4.39. The van der Waals surface area contributed by atoms with Gasteiger partial charge in [-0.3, -0.25) is 0 Å². The van der Waals surface area contributed by atoms with Crippen LogP contribution in [0.2, 0.25) is 0 Å². The fourth-order valence-corrected chi connectivity index (χ4v) is 3.68. The number of thioether (sulfide) groups is 1. The van der Waals surface area contributed by atoms with Crippen LogP contribution in [0.15, 0.2) is 17.5 Å². The maximum Gasteiger partial charge on any atom is 0.0107 e. The molecule has 1 fully saturated rings. The van der Waals surface area contributed by atoms with E-state index >= 15 is 0 Å². The molecular weight excluding hydrogens is 248 g/mol. The summed E-state index contributed by atoms with van der Waals surface area (Å²) < 4.78 is 0. The van der Waals surface area contributed by atoms with E-state index in [1.807, 2.05) is 11.3 Å². The van der Waals surface area contributed by atoms with Crippen LogP contribution in [-0.4, -0.2) is 49.1 Å². The lowest BCUT2D eigenvalue weighted by Gasteiger charge is -2.19. The van der Waals surface area contributed by atoms with E-state index in [0.717, 1.165) is 13.1 Å². The number of nitrogens with one attached hydrogen (secondary N) is 1. The molecule has 0 bridgehead atoms. The summed E-state index contributed by atoms with van der Waals surface area (Å²) in [4.78, 5) is 4.08. The second kappa shape index (κ2) is 8.14. The van der Waals surface area contributed by atoms with Gasteiger partial charge in [-0.25, -0.2) is 0 Å². The van der Waals surface area contributed by atoms with E-state index in [9.17, 15) is 0 Å². The Balaban J connectivity index is 1.50. The zero-order valence-electron chi connectivity index (χ0n) is 10.4. The summed E-state index contributed by atoms with van der Waals surface area (Å²) in [6.45, 7) is 6.03. The van der Waals surface area contributed by atoms with Gasteiger partial charge in [-0.2, -0.15) is 11.8 Å². The van der Waals surface area contributed by atoms with Gasteiger partial charge < -0.3 is 10.2 Å². The summed E-state index contributed by atoms with van der Waals surface area (Å²) >= 11 is 3.96. The Labute approximate surface area is 113 Å². The Morgan fingerprint density at radius 2 is 2.24 bits per heavy atom. The summed E-state index contributed by atoms with van der Waals surface area (Å²) in [6, 6.07) is 4.35. The van der Waals surface area contributed by atoms with E-state index in [4.69, 9.17) is 0 Å². The van der Waals surface area contributed by atoms with Crippen molar-refractivity contribution in [2.75, 3.05) is 44.2 Å². The minimum absolute atomic E-state index is 1.11. The van der Waals surface area contributed by atoms with Crippen molar-refractivity contribution in [2.24, 2.45) is 0 Å². The predicted molar refractivity (Wildman–Crippen MR) is 79.3 cm³/mol. The van der Waals surface area contributed by atoms with Crippen LogP contribution in [0.4, 0.5) is 0 Å². The predicted octanol–water partition coefficient (Wildman–Crippen LogP) is 2.32. The first kappa shape index (κ1) is 13.4. The van der Waals surface area contributed by atoms with Crippen LogP contribution in [0.1, 0.15) is 11.3 Å². The summed E-state index contributed by atoms with van der Waals surface area (Å²) in [5.74, 6) is 2.66. The van der Waals surface area contributed by atoms with E-state index in [2.05, 4.69) is 39.5 Å². The minimum Gasteiger partial charge on any atom is -0.315 e. The average Bonchev–Trinajstić information content (AvgIpc) is 2.72. The first-order valence-corrected chi connectivity index (χ1v) is 8.52. The van der Waals surface area contributed by atoms with Crippen molar-refractivity contribution in [1.29, 1.82) is 0 Å². The van der Waals surface area contributed by atoms with E-state index in [-0.39, 0.29) is 0 Å². The monoisotopic (exact) mass is 270 g/mol. The molecular formula is C13H22N2S2. The lowest BCUT2D eigenvalue weighted by molar-refractivity contribution is 0.295. The van der Waals surface area contributed by atoms with Crippen LogP contribution in [0.3, 0.4) is 0 Å². The normalized spacial score (nSPS) is 18.1. The maximum atomic E-state index is 3.55. The van der Waals surface area contributed by atoms with Crippen LogP contribution in [0.5, 0.6) is 0 Å². The number of hydrogen-bond donors (Lipinski definition) is 1. The molecule has 2 heterocycles. The van der Waals surface area contributed by atoms with Crippen molar-refractivity contribution in [3.05, 3.63) is 22.4 Å². The third kappa shape index (κ3) is 5.42. The highest BCUT2D eigenvalue weighted by Crippen LogP contribution is 2.09. The molecule has 0 aliphatic carbocycles. The van der Waals surface area contributed by atoms with Gasteiger partial charge in [0.25, 0.3) is 0 Å². The fraction of sp³-hybridized carbons (Fsp3) is 0.692. The van der Waals surface area contributed by atoms with Crippen molar-refractivity contribution >= 4 is 23.1 Å². The Bertz CT molecular complexity index is 280. The molecule has 2 nitrogen and oxygen atoms in total. The first-order valence-electron chi connectivity index (χ1n) is 6.48.